The first-order valence-corrected chi connectivity index (χ1v) is 12.3. The molecular weight excluding hydrogens is 472 g/mol. The van der Waals surface area contributed by atoms with E-state index in [1.807, 2.05) is 24.3 Å². The largest absolute Gasteiger partial charge is 0.489 e. The lowest BCUT2D eigenvalue weighted by molar-refractivity contribution is 0.0254. The second-order valence-corrected chi connectivity index (χ2v) is 9.04. The molecule has 0 bridgehead atoms. The van der Waals surface area contributed by atoms with Crippen molar-refractivity contribution in [1.82, 2.24) is 14.9 Å². The molecule has 3 heterocycles. The molecule has 2 aromatic carbocycles. The number of aliphatic hydroxyl groups is 1. The van der Waals surface area contributed by atoms with Crippen molar-refractivity contribution in [1.29, 1.82) is 5.26 Å². The smallest absolute Gasteiger partial charge is 0.321 e. The van der Waals surface area contributed by atoms with Crippen LogP contribution in [-0.4, -0.2) is 64.5 Å². The number of hydrogen-bond donors (Lipinski definition) is 3. The molecule has 0 saturated carbocycles. The Hall–Kier alpha value is -4.20. The molecule has 0 spiro atoms. The van der Waals surface area contributed by atoms with Crippen LogP contribution in [0.5, 0.6) is 5.75 Å². The molecule has 10 nitrogen and oxygen atoms in total. The third-order valence-corrected chi connectivity index (χ3v) is 6.33. The summed E-state index contributed by atoms with van der Waals surface area (Å²) in [6.07, 6.45) is 3.42. The topological polar surface area (TPSA) is 133 Å². The van der Waals surface area contributed by atoms with Crippen molar-refractivity contribution in [3.63, 3.8) is 0 Å². The number of carbonyl (C=O) groups is 1. The normalized spacial score (nSPS) is 17.7. The maximum Gasteiger partial charge on any atom is 0.321 e. The number of β-amino-alcohol motifs (C(OH)–C–C–N with tert-alkyl or cyclic N) is 1. The lowest BCUT2D eigenvalue weighted by Crippen LogP contribution is -2.33. The van der Waals surface area contributed by atoms with E-state index in [4.69, 9.17) is 9.47 Å². The third kappa shape index (κ3) is 6.14. The molecule has 10 heteroatoms. The Bertz CT molecular complexity index is 1300. The van der Waals surface area contributed by atoms with E-state index in [0.717, 1.165) is 18.4 Å². The molecule has 2 saturated heterocycles. The van der Waals surface area contributed by atoms with Gasteiger partial charge in [-0.1, -0.05) is 6.07 Å². The Labute approximate surface area is 214 Å². The number of nitriles is 1. The van der Waals surface area contributed by atoms with E-state index >= 15 is 0 Å². The molecule has 2 aliphatic heterocycles. The summed E-state index contributed by atoms with van der Waals surface area (Å²) in [6.45, 7) is 2.20. The predicted octanol–water partition coefficient (Wildman–Crippen LogP) is 3.92. The number of aromatic nitrogens is 2. The minimum absolute atomic E-state index is 0.0454. The number of hydrogen-bond acceptors (Lipinski definition) is 8. The summed E-state index contributed by atoms with van der Waals surface area (Å²) in [5.41, 5.74) is 3.20. The lowest BCUT2D eigenvalue weighted by atomic mass is 10.1. The molecule has 1 unspecified atom stereocenters. The predicted molar refractivity (Wildman–Crippen MR) is 138 cm³/mol. The molecule has 2 amide bonds. The van der Waals surface area contributed by atoms with Gasteiger partial charge in [0.15, 0.2) is 0 Å². The minimum Gasteiger partial charge on any atom is -0.489 e. The number of amides is 2. The van der Waals surface area contributed by atoms with Crippen molar-refractivity contribution in [3.05, 3.63) is 60.3 Å². The number of aliphatic hydroxyl groups excluding tert-OH is 1. The second kappa shape index (κ2) is 11.2. The highest BCUT2D eigenvalue weighted by molar-refractivity contribution is 5.90. The molecular formula is C27H28N6O4. The average Bonchev–Trinajstić information content (AvgIpc) is 3.36. The minimum atomic E-state index is -0.469. The molecule has 1 aromatic heterocycles. The first-order chi connectivity index (χ1) is 18.1. The van der Waals surface area contributed by atoms with Crippen LogP contribution < -0.4 is 15.4 Å². The third-order valence-electron chi connectivity index (χ3n) is 6.33. The summed E-state index contributed by atoms with van der Waals surface area (Å²) >= 11 is 0. The van der Waals surface area contributed by atoms with Gasteiger partial charge in [-0.3, -0.25) is 0 Å². The van der Waals surface area contributed by atoms with Crippen LogP contribution in [0.2, 0.25) is 0 Å². The highest BCUT2D eigenvalue weighted by atomic mass is 16.5. The van der Waals surface area contributed by atoms with E-state index in [9.17, 15) is 15.2 Å². The van der Waals surface area contributed by atoms with E-state index in [0.29, 0.717) is 67.1 Å². The van der Waals surface area contributed by atoms with Crippen LogP contribution in [0.4, 0.5) is 22.1 Å². The van der Waals surface area contributed by atoms with Crippen molar-refractivity contribution in [3.8, 4) is 23.1 Å². The Balaban J connectivity index is 1.27. The number of anilines is 3. The first kappa shape index (κ1) is 24.5. The quantitative estimate of drug-likeness (QED) is 0.464. The Morgan fingerprint density at radius 1 is 1.14 bits per heavy atom. The van der Waals surface area contributed by atoms with Gasteiger partial charge < -0.3 is 30.1 Å². The van der Waals surface area contributed by atoms with Crippen molar-refractivity contribution >= 4 is 23.4 Å². The first-order valence-electron chi connectivity index (χ1n) is 12.3. The van der Waals surface area contributed by atoms with Crippen molar-refractivity contribution in [2.24, 2.45) is 0 Å². The molecule has 5 rings (SSSR count). The molecule has 2 aliphatic rings. The zero-order valence-corrected chi connectivity index (χ0v) is 20.3. The average molecular weight is 501 g/mol. The summed E-state index contributed by atoms with van der Waals surface area (Å²) < 4.78 is 11.4. The van der Waals surface area contributed by atoms with Crippen LogP contribution in [-0.2, 0) is 4.74 Å². The number of likely N-dealkylation sites (tertiary alicyclic amines) is 1. The standard InChI is InChI=1S/C27H28N6O4/c28-16-19-14-18(4-5-25(19)37-23-8-12-36-13-9-23)24-6-10-29-26(32-24)30-20-2-1-3-21(15-20)31-27(35)33-11-7-22(34)17-33/h1-6,10,14-15,22-23,34H,7-9,11-13,17H2,(H,31,35)(H,29,30,32). The van der Waals surface area contributed by atoms with E-state index in [2.05, 4.69) is 26.7 Å². The summed E-state index contributed by atoms with van der Waals surface area (Å²) in [5.74, 6) is 0.942. The molecule has 190 valence electrons. The van der Waals surface area contributed by atoms with Gasteiger partial charge in [-0.25, -0.2) is 14.8 Å². The van der Waals surface area contributed by atoms with Gasteiger partial charge in [0.1, 0.15) is 17.9 Å². The number of nitrogens with zero attached hydrogens (tertiary/aromatic N) is 4. The van der Waals surface area contributed by atoms with E-state index in [1.165, 1.54) is 0 Å². The monoisotopic (exact) mass is 500 g/mol. The van der Waals surface area contributed by atoms with Gasteiger partial charge in [0.25, 0.3) is 0 Å². The molecule has 2 fully saturated rings. The number of carbonyl (C=O) groups excluding carboxylic acids is 1. The number of ether oxygens (including phenoxy) is 2. The van der Waals surface area contributed by atoms with Crippen LogP contribution in [0.25, 0.3) is 11.3 Å². The number of urea groups is 1. The fourth-order valence-corrected chi connectivity index (χ4v) is 4.37. The Morgan fingerprint density at radius 2 is 1.97 bits per heavy atom. The van der Waals surface area contributed by atoms with E-state index in [-0.39, 0.29) is 12.1 Å². The van der Waals surface area contributed by atoms with Gasteiger partial charge in [0.05, 0.1) is 30.6 Å². The highest BCUT2D eigenvalue weighted by Gasteiger charge is 2.24. The van der Waals surface area contributed by atoms with Crippen molar-refractivity contribution in [2.45, 2.75) is 31.5 Å². The Morgan fingerprint density at radius 3 is 2.76 bits per heavy atom. The number of benzene rings is 2. The maximum atomic E-state index is 12.4. The van der Waals surface area contributed by atoms with Gasteiger partial charge in [0, 0.05) is 49.1 Å². The molecule has 1 atom stereocenters. The number of rotatable bonds is 6. The highest BCUT2D eigenvalue weighted by Crippen LogP contribution is 2.28. The molecule has 37 heavy (non-hydrogen) atoms. The van der Waals surface area contributed by atoms with Gasteiger partial charge in [-0.05, 0) is 48.9 Å². The van der Waals surface area contributed by atoms with E-state index in [1.54, 1.807) is 35.4 Å². The molecule has 3 aromatic rings. The van der Waals surface area contributed by atoms with Crippen molar-refractivity contribution < 1.29 is 19.4 Å². The zero-order valence-electron chi connectivity index (χ0n) is 20.3. The lowest BCUT2D eigenvalue weighted by Gasteiger charge is -2.23. The molecule has 3 N–H and O–H groups in total. The van der Waals surface area contributed by atoms with Crippen LogP contribution in [0.15, 0.2) is 54.7 Å². The zero-order chi connectivity index (χ0) is 25.6. The summed E-state index contributed by atoms with van der Waals surface area (Å²) in [6, 6.07) is 16.5. The van der Waals surface area contributed by atoms with Crippen LogP contribution in [0.3, 0.4) is 0 Å². The SMILES string of the molecule is N#Cc1cc(-c2ccnc(Nc3cccc(NC(=O)N4CCC(O)C4)c3)n2)ccc1OC1CCOCC1. The maximum absolute atomic E-state index is 12.4. The van der Waals surface area contributed by atoms with Gasteiger partial charge in [0.2, 0.25) is 5.95 Å². The number of nitrogens with one attached hydrogen (secondary N) is 2. The van der Waals surface area contributed by atoms with Crippen LogP contribution in [0.1, 0.15) is 24.8 Å². The Kier molecular flexibility index (Phi) is 7.44. The van der Waals surface area contributed by atoms with Gasteiger partial charge in [-0.15, -0.1) is 0 Å². The van der Waals surface area contributed by atoms with Crippen LogP contribution in [0, 0.1) is 11.3 Å². The summed E-state index contributed by atoms with van der Waals surface area (Å²) in [7, 11) is 0. The molecule has 0 aliphatic carbocycles. The fourth-order valence-electron chi connectivity index (χ4n) is 4.37. The van der Waals surface area contributed by atoms with Gasteiger partial charge >= 0.3 is 6.03 Å². The fraction of sp³-hybridized carbons (Fsp3) is 0.333. The molecule has 0 radical (unpaired) electrons. The summed E-state index contributed by atoms with van der Waals surface area (Å²) in [4.78, 5) is 23.0. The second-order valence-electron chi connectivity index (χ2n) is 9.04. The summed E-state index contributed by atoms with van der Waals surface area (Å²) in [5, 5.41) is 25.4. The van der Waals surface area contributed by atoms with Gasteiger partial charge in [-0.2, -0.15) is 5.26 Å². The van der Waals surface area contributed by atoms with Crippen LogP contribution >= 0.6 is 0 Å². The van der Waals surface area contributed by atoms with Crippen molar-refractivity contribution in [2.75, 3.05) is 36.9 Å². The van der Waals surface area contributed by atoms with E-state index < -0.39 is 6.10 Å².